The molecule has 0 radical (unpaired) electrons. The smallest absolute Gasteiger partial charge is 0.0794 e. The fraction of sp³-hybridized carbons (Fsp3) is 0. The van der Waals surface area contributed by atoms with E-state index in [2.05, 4.69) is 163 Å². The third-order valence-corrected chi connectivity index (χ3v) is 9.91. The molecule has 0 unspecified atom stereocenters. The van der Waals surface area contributed by atoms with Crippen LogP contribution in [0.1, 0.15) is 0 Å². The van der Waals surface area contributed by atoms with Crippen LogP contribution >= 0.6 is 0 Å². The lowest BCUT2D eigenvalue weighted by Crippen LogP contribution is -1.95. The van der Waals surface area contributed by atoms with Crippen molar-refractivity contribution in [2.45, 2.75) is 0 Å². The molecule has 2 aromatic heterocycles. The molecular formula is C46H28N2. The van der Waals surface area contributed by atoms with Gasteiger partial charge in [0, 0.05) is 39.5 Å². The largest absolute Gasteiger partial charge is 0.265 e. The van der Waals surface area contributed by atoms with Gasteiger partial charge in [-0.25, -0.2) is 4.98 Å². The van der Waals surface area contributed by atoms with Crippen molar-refractivity contribution in [1.82, 2.24) is 9.97 Å². The Morgan fingerprint density at radius 2 is 0.917 bits per heavy atom. The zero-order chi connectivity index (χ0) is 31.6. The first kappa shape index (κ1) is 26.8. The van der Waals surface area contributed by atoms with E-state index in [0.29, 0.717) is 0 Å². The number of benzene rings is 8. The van der Waals surface area contributed by atoms with Crippen molar-refractivity contribution in [2.24, 2.45) is 0 Å². The highest BCUT2D eigenvalue weighted by molar-refractivity contribution is 6.31. The fourth-order valence-corrected chi connectivity index (χ4v) is 7.87. The molecule has 10 rings (SSSR count). The summed E-state index contributed by atoms with van der Waals surface area (Å²) < 4.78 is 0. The van der Waals surface area contributed by atoms with E-state index in [1.807, 2.05) is 12.4 Å². The number of hydrogen-bond acceptors (Lipinski definition) is 2. The number of aromatic nitrogens is 2. The first-order chi connectivity index (χ1) is 23.8. The lowest BCUT2D eigenvalue weighted by Gasteiger charge is -2.21. The standard InChI is InChI=1S/C46H28N2/c1-2-13-31(14-3-1)45-41-28-40(33-16-6-7-17-34(33)44(41)39-23-22-29-12-4-5-15-32(29)46(39)48-45)43-37-20-10-8-18-35(37)42(30-24-26-47-27-25-30)36-19-9-11-21-38(36)43/h1-28H. The summed E-state index contributed by atoms with van der Waals surface area (Å²) in [6.07, 6.45) is 3.77. The van der Waals surface area contributed by atoms with E-state index in [9.17, 15) is 0 Å². The number of hydrogen-bond donors (Lipinski definition) is 0. The second-order valence-corrected chi connectivity index (χ2v) is 12.5. The van der Waals surface area contributed by atoms with Crippen LogP contribution in [-0.4, -0.2) is 9.97 Å². The van der Waals surface area contributed by atoms with E-state index >= 15 is 0 Å². The Balaban J connectivity index is 1.43. The molecule has 0 amide bonds. The predicted molar refractivity (Wildman–Crippen MR) is 203 cm³/mol. The van der Waals surface area contributed by atoms with Gasteiger partial charge in [0.1, 0.15) is 0 Å². The second-order valence-electron chi connectivity index (χ2n) is 12.5. The Kier molecular flexibility index (Phi) is 5.91. The van der Waals surface area contributed by atoms with E-state index in [-0.39, 0.29) is 0 Å². The van der Waals surface area contributed by atoms with Crippen molar-refractivity contribution in [3.8, 4) is 33.5 Å². The van der Waals surface area contributed by atoms with E-state index in [4.69, 9.17) is 4.98 Å². The van der Waals surface area contributed by atoms with Crippen LogP contribution in [0, 0.1) is 0 Å². The Bertz CT molecular complexity index is 2820. The van der Waals surface area contributed by atoms with E-state index in [1.165, 1.54) is 76.1 Å². The van der Waals surface area contributed by atoms with Crippen LogP contribution in [0.25, 0.3) is 98.3 Å². The summed E-state index contributed by atoms with van der Waals surface area (Å²) in [4.78, 5) is 9.84. The normalized spacial score (nSPS) is 11.8. The van der Waals surface area contributed by atoms with Gasteiger partial charge >= 0.3 is 0 Å². The zero-order valence-corrected chi connectivity index (χ0v) is 26.1. The third-order valence-electron chi connectivity index (χ3n) is 9.91. The highest BCUT2D eigenvalue weighted by Gasteiger charge is 2.21. The Labute approximate surface area is 277 Å². The monoisotopic (exact) mass is 608 g/mol. The molecule has 2 nitrogen and oxygen atoms in total. The molecule has 8 aromatic carbocycles. The molecular weight excluding hydrogens is 581 g/mol. The number of fused-ring (bicyclic) bond motifs is 9. The molecule has 2 heteroatoms. The zero-order valence-electron chi connectivity index (χ0n) is 26.1. The fourth-order valence-electron chi connectivity index (χ4n) is 7.87. The molecule has 0 atom stereocenters. The summed E-state index contributed by atoms with van der Waals surface area (Å²) in [5.74, 6) is 0. The quantitative estimate of drug-likeness (QED) is 0.147. The minimum absolute atomic E-state index is 1.00. The molecule has 0 spiro atoms. The van der Waals surface area contributed by atoms with Crippen molar-refractivity contribution in [3.05, 3.63) is 170 Å². The summed E-state index contributed by atoms with van der Waals surface area (Å²) in [7, 11) is 0. The van der Waals surface area contributed by atoms with Gasteiger partial charge < -0.3 is 0 Å². The van der Waals surface area contributed by atoms with Gasteiger partial charge in [-0.2, -0.15) is 0 Å². The molecule has 0 aliphatic rings. The van der Waals surface area contributed by atoms with Crippen molar-refractivity contribution in [1.29, 1.82) is 0 Å². The minimum atomic E-state index is 1.00. The van der Waals surface area contributed by atoms with Crippen molar-refractivity contribution < 1.29 is 0 Å². The predicted octanol–water partition coefficient (Wildman–Crippen LogP) is 12.4. The van der Waals surface area contributed by atoms with Gasteiger partial charge in [0.25, 0.3) is 0 Å². The minimum Gasteiger partial charge on any atom is -0.265 e. The van der Waals surface area contributed by atoms with Crippen LogP contribution in [-0.2, 0) is 0 Å². The van der Waals surface area contributed by atoms with Gasteiger partial charge in [0.2, 0.25) is 0 Å². The molecule has 0 N–H and O–H groups in total. The Morgan fingerprint density at radius 1 is 0.354 bits per heavy atom. The van der Waals surface area contributed by atoms with Gasteiger partial charge in [-0.1, -0.05) is 140 Å². The molecule has 0 aliphatic heterocycles. The maximum atomic E-state index is 5.52. The van der Waals surface area contributed by atoms with Crippen molar-refractivity contribution in [2.75, 3.05) is 0 Å². The van der Waals surface area contributed by atoms with Gasteiger partial charge in [0.15, 0.2) is 0 Å². The average molecular weight is 609 g/mol. The lowest BCUT2D eigenvalue weighted by atomic mass is 9.83. The summed E-state index contributed by atoms with van der Waals surface area (Å²) in [5, 5.41) is 13.3. The van der Waals surface area contributed by atoms with Crippen LogP contribution < -0.4 is 0 Å². The Morgan fingerprint density at radius 3 is 1.60 bits per heavy atom. The van der Waals surface area contributed by atoms with Crippen LogP contribution in [0.15, 0.2) is 170 Å². The molecule has 222 valence electrons. The molecule has 48 heavy (non-hydrogen) atoms. The number of pyridine rings is 2. The summed E-state index contributed by atoms with van der Waals surface area (Å²) in [6, 6.07) is 57.0. The first-order valence-corrected chi connectivity index (χ1v) is 16.4. The average Bonchev–Trinajstić information content (AvgIpc) is 3.16. The van der Waals surface area contributed by atoms with E-state index in [0.717, 1.165) is 22.2 Å². The molecule has 0 saturated carbocycles. The van der Waals surface area contributed by atoms with Gasteiger partial charge in [-0.05, 0) is 78.2 Å². The van der Waals surface area contributed by atoms with Crippen LogP contribution in [0.2, 0.25) is 0 Å². The third kappa shape index (κ3) is 3.93. The van der Waals surface area contributed by atoms with Crippen molar-refractivity contribution in [3.63, 3.8) is 0 Å². The lowest BCUT2D eigenvalue weighted by molar-refractivity contribution is 1.33. The second kappa shape index (κ2) is 10.6. The van der Waals surface area contributed by atoms with Gasteiger partial charge in [0.05, 0.1) is 11.2 Å². The molecule has 2 heterocycles. The summed E-state index contributed by atoms with van der Waals surface area (Å²) >= 11 is 0. The van der Waals surface area contributed by atoms with E-state index < -0.39 is 0 Å². The maximum absolute atomic E-state index is 5.52. The van der Waals surface area contributed by atoms with Gasteiger partial charge in [-0.15, -0.1) is 0 Å². The molecule has 10 aromatic rings. The van der Waals surface area contributed by atoms with Crippen LogP contribution in [0.5, 0.6) is 0 Å². The molecule has 0 fully saturated rings. The van der Waals surface area contributed by atoms with E-state index in [1.54, 1.807) is 0 Å². The summed E-state index contributed by atoms with van der Waals surface area (Å²) in [6.45, 7) is 0. The first-order valence-electron chi connectivity index (χ1n) is 16.4. The van der Waals surface area contributed by atoms with Crippen LogP contribution in [0.3, 0.4) is 0 Å². The maximum Gasteiger partial charge on any atom is 0.0794 e. The van der Waals surface area contributed by atoms with Crippen LogP contribution in [0.4, 0.5) is 0 Å². The van der Waals surface area contributed by atoms with Crippen molar-refractivity contribution >= 4 is 64.8 Å². The molecule has 0 saturated heterocycles. The number of rotatable bonds is 3. The molecule has 0 bridgehead atoms. The summed E-state index contributed by atoms with van der Waals surface area (Å²) in [5.41, 5.74) is 8.02. The Hall–Kier alpha value is -6.38. The highest BCUT2D eigenvalue weighted by atomic mass is 14.7. The highest BCUT2D eigenvalue weighted by Crippen LogP contribution is 2.48. The number of nitrogens with zero attached hydrogens (tertiary/aromatic N) is 2. The SMILES string of the molecule is c1ccc(-c2nc3c4ccccc4ccc3c3c2cc(-c2c4ccccc4c(-c4ccncc4)c4ccccc24)c2ccccc23)cc1. The molecule has 0 aliphatic carbocycles. The topological polar surface area (TPSA) is 25.8 Å². The van der Waals surface area contributed by atoms with Gasteiger partial charge in [-0.3, -0.25) is 4.98 Å².